The van der Waals surface area contributed by atoms with E-state index >= 15 is 0 Å². The highest BCUT2D eigenvalue weighted by Crippen LogP contribution is 2.37. The van der Waals surface area contributed by atoms with Gasteiger partial charge in [-0.05, 0) is 62.6 Å². The van der Waals surface area contributed by atoms with Crippen LogP contribution in [0.2, 0.25) is 0 Å². The molecule has 0 saturated carbocycles. The predicted molar refractivity (Wildman–Crippen MR) is 155 cm³/mol. The number of piperazine rings is 1. The summed E-state index contributed by atoms with van der Waals surface area (Å²) >= 11 is 0. The Hall–Kier alpha value is -2.25. The standard InChI is InChI=1S/C29H35F6N3O3.2ClH/c1-18-4-5-21(11-26(18)39)10-25-15-36(6-8-37-19(2)16-41-17-20(37)3)7-9-38(25)27(40)22-12-23(28(30,31)32)14-24(13-22)29(33,34)35;;/h4-5,11-14,19-20,25,39H,6-10,15-17H2,1-3H3;2*1H/t19-,20+,25?;;. The van der Waals surface area contributed by atoms with E-state index in [1.165, 1.54) is 4.90 Å². The van der Waals surface area contributed by atoms with Crippen LogP contribution >= 0.6 is 24.8 Å². The summed E-state index contributed by atoms with van der Waals surface area (Å²) in [6.07, 6.45) is -9.84. The van der Waals surface area contributed by atoms with Crippen molar-refractivity contribution in [2.24, 2.45) is 0 Å². The molecule has 2 aliphatic rings. The number of nitrogens with zero attached hydrogens (tertiary/aromatic N) is 3. The number of carbonyl (C=O) groups is 1. The number of hydrogen-bond donors (Lipinski definition) is 1. The second-order valence-electron chi connectivity index (χ2n) is 11.0. The maximum atomic E-state index is 13.6. The molecule has 0 radical (unpaired) electrons. The SMILES string of the molecule is Cc1ccc(CC2CN(CCN3[C@H](C)COC[C@@H]3C)CCN2C(=O)c2cc(C(F)(F)F)cc(C(F)(F)F)c2)cc1O.Cl.Cl. The van der Waals surface area contributed by atoms with E-state index in [1.54, 1.807) is 25.1 Å². The first-order valence-electron chi connectivity index (χ1n) is 13.6. The monoisotopic (exact) mass is 659 g/mol. The molecule has 2 aromatic rings. The fraction of sp³-hybridized carbons (Fsp3) is 0.552. The molecular weight excluding hydrogens is 623 g/mol. The molecule has 2 aromatic carbocycles. The summed E-state index contributed by atoms with van der Waals surface area (Å²) in [4.78, 5) is 19.4. The zero-order valence-corrected chi connectivity index (χ0v) is 25.7. The molecular formula is C29H37Cl2F6N3O3. The van der Waals surface area contributed by atoms with Crippen molar-refractivity contribution in [1.82, 2.24) is 14.7 Å². The Labute approximate surface area is 259 Å². The predicted octanol–water partition coefficient (Wildman–Crippen LogP) is 6.06. The highest BCUT2D eigenvalue weighted by Gasteiger charge is 2.39. The number of halogens is 8. The van der Waals surface area contributed by atoms with Gasteiger partial charge in [0.2, 0.25) is 0 Å². The van der Waals surface area contributed by atoms with Gasteiger partial charge in [-0.3, -0.25) is 14.6 Å². The largest absolute Gasteiger partial charge is 0.508 e. The Morgan fingerprint density at radius 3 is 2.02 bits per heavy atom. The summed E-state index contributed by atoms with van der Waals surface area (Å²) in [6.45, 7) is 9.51. The quantitative estimate of drug-likeness (QED) is 0.382. The van der Waals surface area contributed by atoms with Crippen LogP contribution in [0.25, 0.3) is 0 Å². The maximum absolute atomic E-state index is 13.6. The summed E-state index contributed by atoms with van der Waals surface area (Å²) in [6, 6.07) is 6.01. The Morgan fingerprint density at radius 1 is 0.907 bits per heavy atom. The van der Waals surface area contributed by atoms with Crippen LogP contribution in [0.15, 0.2) is 36.4 Å². The Kier molecular flexibility index (Phi) is 12.6. The number of aromatic hydroxyl groups is 1. The molecule has 43 heavy (non-hydrogen) atoms. The third-order valence-electron chi connectivity index (χ3n) is 7.93. The van der Waals surface area contributed by atoms with E-state index in [9.17, 15) is 36.2 Å². The van der Waals surface area contributed by atoms with Crippen LogP contribution in [-0.4, -0.2) is 89.8 Å². The zero-order valence-electron chi connectivity index (χ0n) is 24.0. The molecule has 4 rings (SSSR count). The van der Waals surface area contributed by atoms with Gasteiger partial charge in [0.1, 0.15) is 5.75 Å². The average molecular weight is 661 g/mol. The molecule has 0 aromatic heterocycles. The lowest BCUT2D eigenvalue weighted by Crippen LogP contribution is -2.58. The van der Waals surface area contributed by atoms with Crippen molar-refractivity contribution in [2.45, 2.75) is 57.7 Å². The smallest absolute Gasteiger partial charge is 0.416 e. The lowest BCUT2D eigenvalue weighted by molar-refractivity contribution is -0.143. The van der Waals surface area contributed by atoms with E-state index < -0.39 is 41.0 Å². The van der Waals surface area contributed by atoms with Gasteiger partial charge in [-0.25, -0.2) is 0 Å². The molecule has 6 nitrogen and oxygen atoms in total. The number of aryl methyl sites for hydroxylation is 1. The third kappa shape index (κ3) is 9.13. The van der Waals surface area contributed by atoms with Gasteiger partial charge in [0.25, 0.3) is 5.91 Å². The van der Waals surface area contributed by atoms with Crippen molar-refractivity contribution in [1.29, 1.82) is 0 Å². The van der Waals surface area contributed by atoms with Crippen molar-refractivity contribution in [2.75, 3.05) is 45.9 Å². The zero-order chi connectivity index (χ0) is 30.1. The van der Waals surface area contributed by atoms with Crippen molar-refractivity contribution in [3.05, 3.63) is 64.2 Å². The molecule has 1 unspecified atom stereocenters. The minimum absolute atomic E-state index is 0. The normalized spacial score (nSPS) is 22.1. The number of amides is 1. The van der Waals surface area contributed by atoms with Gasteiger partial charge in [0.15, 0.2) is 0 Å². The number of hydrogen-bond acceptors (Lipinski definition) is 5. The van der Waals surface area contributed by atoms with Crippen LogP contribution in [0, 0.1) is 6.92 Å². The summed E-state index contributed by atoms with van der Waals surface area (Å²) < 4.78 is 86.5. The molecule has 0 bridgehead atoms. The second-order valence-corrected chi connectivity index (χ2v) is 11.0. The van der Waals surface area contributed by atoms with Crippen molar-refractivity contribution < 1.29 is 41.0 Å². The highest BCUT2D eigenvalue weighted by molar-refractivity contribution is 5.95. The van der Waals surface area contributed by atoms with E-state index in [2.05, 4.69) is 23.6 Å². The number of rotatable bonds is 6. The van der Waals surface area contributed by atoms with Crippen LogP contribution in [0.3, 0.4) is 0 Å². The molecule has 242 valence electrons. The summed E-state index contributed by atoms with van der Waals surface area (Å²) in [5.41, 5.74) is -2.35. The van der Waals surface area contributed by atoms with Gasteiger partial charge < -0.3 is 14.7 Å². The van der Waals surface area contributed by atoms with Gasteiger partial charge in [-0.2, -0.15) is 26.3 Å². The fourth-order valence-electron chi connectivity index (χ4n) is 5.60. The number of morpholine rings is 1. The van der Waals surface area contributed by atoms with Crippen LogP contribution in [-0.2, 0) is 23.5 Å². The summed E-state index contributed by atoms with van der Waals surface area (Å²) in [7, 11) is 0. The average Bonchev–Trinajstić information content (AvgIpc) is 2.89. The molecule has 3 atom stereocenters. The molecule has 14 heteroatoms. The summed E-state index contributed by atoms with van der Waals surface area (Å²) in [5, 5.41) is 10.2. The molecule has 1 amide bonds. The van der Waals surface area contributed by atoms with Gasteiger partial charge in [0, 0.05) is 56.4 Å². The second kappa shape index (κ2) is 14.7. The number of alkyl halides is 6. The lowest BCUT2D eigenvalue weighted by Gasteiger charge is -2.44. The van der Waals surface area contributed by atoms with Crippen molar-refractivity contribution in [3.63, 3.8) is 0 Å². The third-order valence-corrected chi connectivity index (χ3v) is 7.93. The molecule has 2 saturated heterocycles. The maximum Gasteiger partial charge on any atom is 0.416 e. The van der Waals surface area contributed by atoms with Crippen molar-refractivity contribution in [3.8, 4) is 5.75 Å². The Balaban J connectivity index is 0.00000323. The van der Waals surface area contributed by atoms with Gasteiger partial charge >= 0.3 is 12.4 Å². The highest BCUT2D eigenvalue weighted by atomic mass is 35.5. The van der Waals surface area contributed by atoms with Gasteiger partial charge in [-0.15, -0.1) is 24.8 Å². The molecule has 0 spiro atoms. The van der Waals surface area contributed by atoms with Gasteiger partial charge in [-0.1, -0.05) is 12.1 Å². The van der Waals surface area contributed by atoms with Crippen molar-refractivity contribution >= 4 is 30.7 Å². The minimum Gasteiger partial charge on any atom is -0.508 e. The summed E-state index contributed by atoms with van der Waals surface area (Å²) in [5.74, 6) is -0.825. The number of phenolic OH excluding ortho intramolecular Hbond substituents is 1. The van der Waals surface area contributed by atoms with Crippen LogP contribution in [0.5, 0.6) is 5.75 Å². The fourth-order valence-corrected chi connectivity index (χ4v) is 5.60. The molecule has 2 aliphatic heterocycles. The topological polar surface area (TPSA) is 56.2 Å². The minimum atomic E-state index is -5.05. The van der Waals surface area contributed by atoms with Crippen LogP contribution in [0.4, 0.5) is 26.3 Å². The number of benzene rings is 2. The molecule has 2 fully saturated rings. The van der Waals surface area contributed by atoms with Crippen LogP contribution in [0.1, 0.15) is 46.5 Å². The molecule has 0 aliphatic carbocycles. The van der Waals surface area contributed by atoms with E-state index in [0.717, 1.165) is 6.54 Å². The van der Waals surface area contributed by atoms with E-state index in [1.807, 2.05) is 0 Å². The Morgan fingerprint density at radius 2 is 1.49 bits per heavy atom. The van der Waals surface area contributed by atoms with E-state index in [-0.39, 0.29) is 61.7 Å². The molecule has 1 N–H and O–H groups in total. The number of phenols is 1. The first kappa shape index (κ1) is 36.9. The van der Waals surface area contributed by atoms with Crippen LogP contribution < -0.4 is 0 Å². The van der Waals surface area contributed by atoms with E-state index in [0.29, 0.717) is 56.1 Å². The first-order chi connectivity index (χ1) is 19.1. The number of ether oxygens (including phenoxy) is 1. The Bertz CT molecular complexity index is 1200. The first-order valence-corrected chi connectivity index (χ1v) is 13.6. The number of carbonyl (C=O) groups excluding carboxylic acids is 1. The lowest BCUT2D eigenvalue weighted by atomic mass is 9.98. The van der Waals surface area contributed by atoms with Gasteiger partial charge in [0.05, 0.1) is 24.3 Å². The molecule has 2 heterocycles. The van der Waals surface area contributed by atoms with E-state index in [4.69, 9.17) is 4.74 Å².